The molecule has 0 unspecified atom stereocenters. The molecule has 7 heteroatoms. The summed E-state index contributed by atoms with van der Waals surface area (Å²) < 4.78 is 5.27. The minimum Gasteiger partial charge on any atom is -0.496 e. The number of carbonyl (C=O) groups excluding carboxylic acids is 3. The van der Waals surface area contributed by atoms with Crippen LogP contribution in [0.4, 0.5) is 0 Å². The fourth-order valence-corrected chi connectivity index (χ4v) is 2.95. The van der Waals surface area contributed by atoms with E-state index < -0.39 is 17.9 Å². The zero-order valence-electron chi connectivity index (χ0n) is 16.7. The summed E-state index contributed by atoms with van der Waals surface area (Å²) in [4.78, 5) is 36.1. The van der Waals surface area contributed by atoms with Crippen molar-refractivity contribution in [2.24, 2.45) is 5.73 Å². The highest BCUT2D eigenvalue weighted by Crippen LogP contribution is 2.19. The first kappa shape index (κ1) is 21.9. The van der Waals surface area contributed by atoms with Gasteiger partial charge < -0.3 is 21.1 Å². The topological polar surface area (TPSA) is 111 Å². The molecule has 0 aromatic heterocycles. The van der Waals surface area contributed by atoms with Gasteiger partial charge >= 0.3 is 0 Å². The van der Waals surface area contributed by atoms with Crippen molar-refractivity contribution in [1.29, 1.82) is 0 Å². The first-order chi connectivity index (χ1) is 13.9. The summed E-state index contributed by atoms with van der Waals surface area (Å²) in [6.45, 7) is 1.88. The minimum atomic E-state index is -0.884. The average molecular weight is 397 g/mol. The van der Waals surface area contributed by atoms with E-state index in [1.807, 2.05) is 49.4 Å². The molecule has 4 N–H and O–H groups in total. The Balaban J connectivity index is 1.85. The SMILES string of the molecule is COc1ccccc1C[C@H](NC(=O)CCC(=O)N[C@H](C)c1ccccc1)C(N)=O. The standard InChI is InChI=1S/C22H27N3O4/c1-15(16-8-4-3-5-9-16)24-20(26)12-13-21(27)25-18(22(23)28)14-17-10-6-7-11-19(17)29-2/h3-11,15,18H,12-14H2,1-2H3,(H2,23,28)(H,24,26)(H,25,27)/t15-,18+/m1/s1. The monoisotopic (exact) mass is 397 g/mol. The van der Waals surface area contributed by atoms with Crippen molar-refractivity contribution in [1.82, 2.24) is 10.6 Å². The summed E-state index contributed by atoms with van der Waals surface area (Å²) in [5, 5.41) is 5.46. The Kier molecular flexibility index (Phi) is 8.21. The third-order valence-corrected chi connectivity index (χ3v) is 4.55. The third kappa shape index (κ3) is 6.95. The summed E-state index contributed by atoms with van der Waals surface area (Å²) in [6, 6.07) is 15.7. The van der Waals surface area contributed by atoms with Crippen LogP contribution >= 0.6 is 0 Å². The lowest BCUT2D eigenvalue weighted by Crippen LogP contribution is -2.46. The van der Waals surface area contributed by atoms with Crippen molar-refractivity contribution >= 4 is 17.7 Å². The van der Waals surface area contributed by atoms with Gasteiger partial charge in [-0.3, -0.25) is 14.4 Å². The van der Waals surface area contributed by atoms with Crippen LogP contribution in [0.5, 0.6) is 5.75 Å². The molecule has 0 saturated heterocycles. The van der Waals surface area contributed by atoms with Crippen LogP contribution in [0.15, 0.2) is 54.6 Å². The van der Waals surface area contributed by atoms with Crippen LogP contribution in [0.2, 0.25) is 0 Å². The Morgan fingerprint density at radius 3 is 2.14 bits per heavy atom. The molecule has 2 rings (SSSR count). The van der Waals surface area contributed by atoms with Crippen LogP contribution in [0.3, 0.4) is 0 Å². The highest BCUT2D eigenvalue weighted by molar-refractivity contribution is 5.89. The molecule has 0 aliphatic rings. The summed E-state index contributed by atoms with van der Waals surface area (Å²) >= 11 is 0. The number of hydrogen-bond donors (Lipinski definition) is 3. The number of nitrogens with one attached hydrogen (secondary N) is 2. The van der Waals surface area contributed by atoms with E-state index in [9.17, 15) is 14.4 Å². The normalized spacial score (nSPS) is 12.5. The molecule has 0 radical (unpaired) electrons. The summed E-state index contributed by atoms with van der Waals surface area (Å²) in [5.74, 6) is -0.684. The van der Waals surface area contributed by atoms with E-state index in [1.165, 1.54) is 7.11 Å². The Bertz CT molecular complexity index is 839. The molecule has 0 fully saturated rings. The van der Waals surface area contributed by atoms with E-state index in [0.29, 0.717) is 5.75 Å². The lowest BCUT2D eigenvalue weighted by atomic mass is 10.0. The zero-order chi connectivity index (χ0) is 21.2. The number of para-hydroxylation sites is 1. The van der Waals surface area contributed by atoms with Gasteiger partial charge in [0.25, 0.3) is 0 Å². The second kappa shape index (κ2) is 10.8. The molecule has 29 heavy (non-hydrogen) atoms. The fourth-order valence-electron chi connectivity index (χ4n) is 2.95. The van der Waals surface area contributed by atoms with Gasteiger partial charge in [0.1, 0.15) is 11.8 Å². The van der Waals surface area contributed by atoms with E-state index >= 15 is 0 Å². The number of benzene rings is 2. The Hall–Kier alpha value is -3.35. The van der Waals surface area contributed by atoms with E-state index in [2.05, 4.69) is 10.6 Å². The molecule has 7 nitrogen and oxygen atoms in total. The highest BCUT2D eigenvalue weighted by atomic mass is 16.5. The van der Waals surface area contributed by atoms with Gasteiger partial charge in [0.05, 0.1) is 13.2 Å². The molecule has 154 valence electrons. The van der Waals surface area contributed by atoms with Crippen molar-refractivity contribution in [3.8, 4) is 5.75 Å². The maximum absolute atomic E-state index is 12.2. The summed E-state index contributed by atoms with van der Waals surface area (Å²) in [5.41, 5.74) is 7.18. The molecule has 0 aliphatic carbocycles. The van der Waals surface area contributed by atoms with Crippen LogP contribution in [-0.4, -0.2) is 30.9 Å². The van der Waals surface area contributed by atoms with Crippen molar-refractivity contribution in [2.45, 2.75) is 38.3 Å². The number of methoxy groups -OCH3 is 1. The first-order valence-electron chi connectivity index (χ1n) is 9.45. The summed E-state index contributed by atoms with van der Waals surface area (Å²) in [7, 11) is 1.53. The van der Waals surface area contributed by atoms with Crippen LogP contribution in [0.1, 0.15) is 36.9 Å². The number of amides is 3. The molecule has 0 spiro atoms. The molecule has 0 bridgehead atoms. The molecule has 0 aliphatic heterocycles. The minimum absolute atomic E-state index is 0.0170. The van der Waals surface area contributed by atoms with Gasteiger partial charge in [0, 0.05) is 19.3 Å². The number of rotatable bonds is 10. The average Bonchev–Trinajstić information content (AvgIpc) is 2.72. The zero-order valence-corrected chi connectivity index (χ0v) is 16.7. The molecule has 2 aromatic rings. The Morgan fingerprint density at radius 1 is 0.931 bits per heavy atom. The Morgan fingerprint density at radius 2 is 1.52 bits per heavy atom. The van der Waals surface area contributed by atoms with Crippen LogP contribution in [0, 0.1) is 0 Å². The molecule has 3 amide bonds. The molecule has 2 aromatic carbocycles. The third-order valence-electron chi connectivity index (χ3n) is 4.55. The van der Waals surface area contributed by atoms with Gasteiger partial charge in [0.2, 0.25) is 17.7 Å². The van der Waals surface area contributed by atoms with Crippen LogP contribution in [0.25, 0.3) is 0 Å². The molecule has 0 saturated carbocycles. The second-order valence-corrected chi connectivity index (χ2v) is 6.74. The van der Waals surface area contributed by atoms with Gasteiger partial charge in [-0.1, -0.05) is 48.5 Å². The van der Waals surface area contributed by atoms with E-state index in [-0.39, 0.29) is 31.2 Å². The number of primary amides is 1. The summed E-state index contributed by atoms with van der Waals surface area (Å²) in [6.07, 6.45) is 0.189. The van der Waals surface area contributed by atoms with E-state index in [0.717, 1.165) is 11.1 Å². The number of ether oxygens (including phenoxy) is 1. The second-order valence-electron chi connectivity index (χ2n) is 6.74. The fraction of sp³-hybridized carbons (Fsp3) is 0.318. The van der Waals surface area contributed by atoms with Crippen molar-refractivity contribution < 1.29 is 19.1 Å². The maximum atomic E-state index is 12.2. The largest absolute Gasteiger partial charge is 0.496 e. The van der Waals surface area contributed by atoms with Crippen LogP contribution in [-0.2, 0) is 20.8 Å². The smallest absolute Gasteiger partial charge is 0.240 e. The highest BCUT2D eigenvalue weighted by Gasteiger charge is 2.21. The van der Waals surface area contributed by atoms with Crippen molar-refractivity contribution in [3.05, 3.63) is 65.7 Å². The molecule has 2 atom stereocenters. The van der Waals surface area contributed by atoms with Gasteiger partial charge in [-0.2, -0.15) is 0 Å². The van der Waals surface area contributed by atoms with Crippen molar-refractivity contribution in [2.75, 3.05) is 7.11 Å². The maximum Gasteiger partial charge on any atom is 0.240 e. The molecular weight excluding hydrogens is 370 g/mol. The van der Waals surface area contributed by atoms with E-state index in [4.69, 9.17) is 10.5 Å². The Labute approximate surface area is 170 Å². The van der Waals surface area contributed by atoms with Gasteiger partial charge in [-0.15, -0.1) is 0 Å². The van der Waals surface area contributed by atoms with Gasteiger partial charge in [0.15, 0.2) is 0 Å². The quantitative estimate of drug-likeness (QED) is 0.568. The van der Waals surface area contributed by atoms with Gasteiger partial charge in [-0.05, 0) is 24.1 Å². The lowest BCUT2D eigenvalue weighted by molar-refractivity contribution is -0.129. The molecule has 0 heterocycles. The number of hydrogen-bond acceptors (Lipinski definition) is 4. The predicted octanol–water partition coefficient (Wildman–Crippen LogP) is 1.87. The van der Waals surface area contributed by atoms with Crippen LogP contribution < -0.4 is 21.1 Å². The van der Waals surface area contributed by atoms with Gasteiger partial charge in [-0.25, -0.2) is 0 Å². The number of nitrogens with two attached hydrogens (primary N) is 1. The van der Waals surface area contributed by atoms with Crippen molar-refractivity contribution in [3.63, 3.8) is 0 Å². The lowest BCUT2D eigenvalue weighted by Gasteiger charge is -2.17. The predicted molar refractivity (Wildman–Crippen MR) is 110 cm³/mol. The number of carbonyl (C=O) groups is 3. The first-order valence-corrected chi connectivity index (χ1v) is 9.45. The van der Waals surface area contributed by atoms with E-state index in [1.54, 1.807) is 12.1 Å². The molecular formula is C22H27N3O4.